The number of fused-ring (bicyclic) bond motifs is 3. The van der Waals surface area contributed by atoms with E-state index < -0.39 is 0 Å². The molecule has 2 aromatic heterocycles. The van der Waals surface area contributed by atoms with Crippen LogP contribution in [0.3, 0.4) is 0 Å². The lowest BCUT2D eigenvalue weighted by molar-refractivity contribution is 0.0720. The minimum atomic E-state index is -0.343. The first-order valence-electron chi connectivity index (χ1n) is 7.41. The maximum Gasteiger partial charge on any atom is 0.277 e. The van der Waals surface area contributed by atoms with Gasteiger partial charge in [-0.3, -0.25) is 9.59 Å². The van der Waals surface area contributed by atoms with Gasteiger partial charge in [-0.1, -0.05) is 17.3 Å². The van der Waals surface area contributed by atoms with Gasteiger partial charge < -0.3 is 9.88 Å². The van der Waals surface area contributed by atoms with Gasteiger partial charge in [-0.15, -0.1) is 5.10 Å². The van der Waals surface area contributed by atoms with E-state index in [0.717, 1.165) is 24.8 Å². The molecule has 3 aromatic rings. The molecule has 1 saturated heterocycles. The smallest absolute Gasteiger partial charge is 0.277 e. The van der Waals surface area contributed by atoms with Crippen molar-refractivity contribution in [1.82, 2.24) is 24.7 Å². The van der Waals surface area contributed by atoms with Gasteiger partial charge in [0, 0.05) is 13.1 Å². The van der Waals surface area contributed by atoms with Crippen molar-refractivity contribution in [3.63, 3.8) is 0 Å². The van der Waals surface area contributed by atoms with E-state index in [1.165, 1.54) is 4.52 Å². The molecule has 7 heteroatoms. The summed E-state index contributed by atoms with van der Waals surface area (Å²) in [4.78, 5) is 29.5. The topological polar surface area (TPSA) is 83.4 Å². The van der Waals surface area contributed by atoms with E-state index in [0.29, 0.717) is 18.6 Å². The zero-order valence-corrected chi connectivity index (χ0v) is 12.0. The monoisotopic (exact) mass is 297 g/mol. The molecule has 1 fully saturated rings. The zero-order valence-electron chi connectivity index (χ0n) is 12.0. The number of nitrogens with one attached hydrogen (secondary N) is 1. The molecule has 3 heterocycles. The lowest BCUT2D eigenvalue weighted by atomic mass is 10.1. The van der Waals surface area contributed by atoms with Crippen LogP contribution in [0.25, 0.3) is 16.6 Å². The normalized spacial score (nSPS) is 15.5. The van der Waals surface area contributed by atoms with Crippen LogP contribution in [0.2, 0.25) is 0 Å². The van der Waals surface area contributed by atoms with E-state index in [-0.39, 0.29) is 22.7 Å². The van der Waals surface area contributed by atoms with Crippen LogP contribution in [0.1, 0.15) is 29.8 Å². The van der Waals surface area contributed by atoms with E-state index in [2.05, 4.69) is 15.3 Å². The highest BCUT2D eigenvalue weighted by Crippen LogP contribution is 2.16. The molecular formula is C15H15N5O2. The Hall–Kier alpha value is -2.70. The van der Waals surface area contributed by atoms with Gasteiger partial charge in [-0.25, -0.2) is 4.52 Å². The first kappa shape index (κ1) is 13.0. The highest BCUT2D eigenvalue weighted by atomic mass is 16.2. The Morgan fingerprint density at radius 1 is 1.14 bits per heavy atom. The maximum atomic E-state index is 12.6. The second-order valence-electron chi connectivity index (χ2n) is 5.52. The summed E-state index contributed by atoms with van der Waals surface area (Å²) in [5.74, 6) is -0.213. The van der Waals surface area contributed by atoms with Gasteiger partial charge in [0.15, 0.2) is 11.2 Å². The Morgan fingerprint density at radius 3 is 2.73 bits per heavy atom. The van der Waals surface area contributed by atoms with E-state index in [9.17, 15) is 9.59 Å². The fraction of sp³-hybridized carbons (Fsp3) is 0.333. The lowest BCUT2D eigenvalue weighted by Crippen LogP contribution is -2.36. The largest absolute Gasteiger partial charge is 0.337 e. The fourth-order valence-electron chi connectivity index (χ4n) is 2.99. The van der Waals surface area contributed by atoms with Gasteiger partial charge >= 0.3 is 0 Å². The molecule has 1 amide bonds. The lowest BCUT2D eigenvalue weighted by Gasteiger charge is -2.25. The van der Waals surface area contributed by atoms with Crippen molar-refractivity contribution in [2.45, 2.75) is 19.3 Å². The van der Waals surface area contributed by atoms with Crippen molar-refractivity contribution in [3.8, 4) is 0 Å². The molecule has 22 heavy (non-hydrogen) atoms. The zero-order chi connectivity index (χ0) is 15.1. The quantitative estimate of drug-likeness (QED) is 0.731. The second-order valence-corrected chi connectivity index (χ2v) is 5.52. The first-order valence-corrected chi connectivity index (χ1v) is 7.41. The van der Waals surface area contributed by atoms with Crippen molar-refractivity contribution in [2.75, 3.05) is 13.1 Å². The number of piperidine rings is 1. The Labute approximate surface area is 125 Å². The number of hydrogen-bond acceptors (Lipinski definition) is 4. The third-order valence-corrected chi connectivity index (χ3v) is 4.11. The number of carbonyl (C=O) groups is 1. The number of aromatic nitrogens is 4. The number of benzene rings is 1. The number of amides is 1. The average molecular weight is 297 g/mol. The minimum Gasteiger partial charge on any atom is -0.337 e. The third kappa shape index (κ3) is 1.89. The summed E-state index contributed by atoms with van der Waals surface area (Å²) in [7, 11) is 0. The molecule has 1 aliphatic rings. The highest BCUT2D eigenvalue weighted by molar-refractivity contribution is 5.99. The van der Waals surface area contributed by atoms with Gasteiger partial charge in [0.05, 0.1) is 11.0 Å². The van der Waals surface area contributed by atoms with Gasteiger partial charge in [0.2, 0.25) is 0 Å². The second kappa shape index (κ2) is 4.94. The molecule has 7 nitrogen and oxygen atoms in total. The summed E-state index contributed by atoms with van der Waals surface area (Å²) in [5, 5.41) is 8.01. The summed E-state index contributed by atoms with van der Waals surface area (Å²) in [5.41, 5.74) is 1.40. The number of nitrogens with zero attached hydrogens (tertiary/aromatic N) is 4. The predicted molar refractivity (Wildman–Crippen MR) is 80.9 cm³/mol. The summed E-state index contributed by atoms with van der Waals surface area (Å²) in [6.07, 6.45) is 3.12. The fourth-order valence-corrected chi connectivity index (χ4v) is 2.99. The van der Waals surface area contributed by atoms with Crippen LogP contribution in [-0.2, 0) is 0 Å². The number of likely N-dealkylation sites (tertiary alicyclic amines) is 1. The van der Waals surface area contributed by atoms with Crippen LogP contribution in [0.15, 0.2) is 29.1 Å². The number of rotatable bonds is 1. The van der Waals surface area contributed by atoms with Crippen molar-refractivity contribution in [1.29, 1.82) is 0 Å². The van der Waals surface area contributed by atoms with Crippen LogP contribution in [-0.4, -0.2) is 43.7 Å². The van der Waals surface area contributed by atoms with Gasteiger partial charge in [-0.05, 0) is 31.4 Å². The van der Waals surface area contributed by atoms with Gasteiger partial charge in [-0.2, -0.15) is 0 Å². The number of para-hydroxylation sites is 2. The van der Waals surface area contributed by atoms with E-state index in [1.54, 1.807) is 11.0 Å². The van der Waals surface area contributed by atoms with Crippen molar-refractivity contribution >= 4 is 22.5 Å². The number of H-pyrrole nitrogens is 1. The van der Waals surface area contributed by atoms with Crippen LogP contribution >= 0.6 is 0 Å². The van der Waals surface area contributed by atoms with Crippen molar-refractivity contribution < 1.29 is 4.79 Å². The summed E-state index contributed by atoms with van der Waals surface area (Å²) in [6, 6.07) is 7.32. The standard InChI is InChI=1S/C15H15N5O2/c21-14-13-12(15(22)19-8-4-1-5-9-19)17-18-20(13)11-7-3-2-6-10(11)16-14/h2-3,6-7H,1,4-5,8-9H2,(H,16,21). The molecule has 0 atom stereocenters. The van der Waals surface area contributed by atoms with Crippen molar-refractivity contribution in [3.05, 3.63) is 40.3 Å². The molecule has 1 aliphatic heterocycles. The highest BCUT2D eigenvalue weighted by Gasteiger charge is 2.25. The van der Waals surface area contributed by atoms with Gasteiger partial charge in [0.25, 0.3) is 11.5 Å². The molecule has 4 rings (SSSR count). The minimum absolute atomic E-state index is 0.133. The van der Waals surface area contributed by atoms with Crippen LogP contribution in [0.4, 0.5) is 0 Å². The Morgan fingerprint density at radius 2 is 1.91 bits per heavy atom. The predicted octanol–water partition coefficient (Wildman–Crippen LogP) is 1.20. The van der Waals surface area contributed by atoms with Crippen molar-refractivity contribution in [2.24, 2.45) is 0 Å². The molecule has 0 radical (unpaired) electrons. The molecule has 0 unspecified atom stereocenters. The molecule has 0 bridgehead atoms. The van der Waals surface area contributed by atoms with E-state index in [1.807, 2.05) is 18.2 Å². The molecule has 1 aromatic carbocycles. The summed E-state index contributed by atoms with van der Waals surface area (Å²) < 4.78 is 1.45. The Balaban J connectivity index is 1.90. The summed E-state index contributed by atoms with van der Waals surface area (Å²) in [6.45, 7) is 1.42. The number of carbonyl (C=O) groups excluding carboxylic acids is 1. The molecule has 1 N–H and O–H groups in total. The van der Waals surface area contributed by atoms with Crippen LogP contribution in [0.5, 0.6) is 0 Å². The molecule has 0 spiro atoms. The molecule has 0 aliphatic carbocycles. The van der Waals surface area contributed by atoms with Gasteiger partial charge in [0.1, 0.15) is 0 Å². The SMILES string of the molecule is O=C(c1nnn2c1c(=O)[nH]c1ccccc12)N1CCCCC1. The Bertz CT molecular complexity index is 920. The third-order valence-electron chi connectivity index (χ3n) is 4.11. The summed E-state index contributed by atoms with van der Waals surface area (Å²) >= 11 is 0. The van der Waals surface area contributed by atoms with Crippen LogP contribution < -0.4 is 5.56 Å². The van der Waals surface area contributed by atoms with Crippen LogP contribution in [0, 0.1) is 0 Å². The molecular weight excluding hydrogens is 282 g/mol. The first-order chi connectivity index (χ1) is 10.8. The van der Waals surface area contributed by atoms with E-state index in [4.69, 9.17) is 0 Å². The average Bonchev–Trinajstić information content (AvgIpc) is 3.01. The van der Waals surface area contributed by atoms with E-state index >= 15 is 0 Å². The number of aromatic amines is 1. The molecule has 0 saturated carbocycles. The Kier molecular flexibility index (Phi) is 2.92. The number of hydrogen-bond donors (Lipinski definition) is 1. The molecule has 112 valence electrons. The maximum absolute atomic E-state index is 12.6.